The topological polar surface area (TPSA) is 72.5 Å². The number of carbonyl (C=O) groups is 1. The standard InChI is InChI=1S/C3H6ClNO4S/c1-2-5-3(6)9-10(4,7)8/h2H2,1H3,(H,5,6). The van der Waals surface area contributed by atoms with Crippen LogP contribution in [0.25, 0.3) is 0 Å². The molecule has 0 aliphatic heterocycles. The van der Waals surface area contributed by atoms with Gasteiger partial charge in [0.2, 0.25) is 0 Å². The van der Waals surface area contributed by atoms with Crippen LogP contribution in [0.4, 0.5) is 4.79 Å². The van der Waals surface area contributed by atoms with E-state index < -0.39 is 15.4 Å². The van der Waals surface area contributed by atoms with E-state index in [9.17, 15) is 13.2 Å². The Morgan fingerprint density at radius 1 is 1.70 bits per heavy atom. The first-order valence-corrected chi connectivity index (χ1v) is 4.61. The number of amides is 1. The number of carbonyl (C=O) groups excluding carboxylic acids is 1. The van der Waals surface area contributed by atoms with Gasteiger partial charge in [0.1, 0.15) is 0 Å². The molecule has 0 aliphatic rings. The SMILES string of the molecule is CCNC(=O)OS(=O)(=O)Cl. The lowest BCUT2D eigenvalue weighted by Gasteiger charge is -1.98. The van der Waals surface area contributed by atoms with Crippen LogP contribution in [0.3, 0.4) is 0 Å². The molecular weight excluding hydrogens is 182 g/mol. The highest BCUT2D eigenvalue weighted by Gasteiger charge is 2.10. The quantitative estimate of drug-likeness (QED) is 0.628. The van der Waals surface area contributed by atoms with Crippen LogP contribution in [0.1, 0.15) is 6.92 Å². The molecular formula is C3H6ClNO4S. The molecule has 0 aliphatic carbocycles. The van der Waals surface area contributed by atoms with Crippen LogP contribution in [-0.2, 0) is 13.5 Å². The van der Waals surface area contributed by atoms with Gasteiger partial charge in [-0.05, 0) is 6.92 Å². The molecule has 60 valence electrons. The molecule has 10 heavy (non-hydrogen) atoms. The van der Waals surface area contributed by atoms with Crippen molar-refractivity contribution >= 4 is 26.1 Å². The van der Waals surface area contributed by atoms with E-state index >= 15 is 0 Å². The van der Waals surface area contributed by atoms with Gasteiger partial charge in [-0.3, -0.25) is 0 Å². The summed E-state index contributed by atoms with van der Waals surface area (Å²) in [5.74, 6) is 0. The highest BCUT2D eigenvalue weighted by atomic mass is 35.7. The van der Waals surface area contributed by atoms with Gasteiger partial charge in [-0.1, -0.05) is 0 Å². The molecule has 0 fully saturated rings. The van der Waals surface area contributed by atoms with Crippen molar-refractivity contribution < 1.29 is 17.4 Å². The molecule has 0 saturated carbocycles. The zero-order valence-electron chi connectivity index (χ0n) is 5.13. The number of hydrogen-bond donors (Lipinski definition) is 1. The first-order valence-electron chi connectivity index (χ1n) is 2.37. The van der Waals surface area contributed by atoms with E-state index in [4.69, 9.17) is 0 Å². The molecule has 0 aromatic heterocycles. The molecule has 0 saturated heterocycles. The van der Waals surface area contributed by atoms with Crippen molar-refractivity contribution in [3.63, 3.8) is 0 Å². The molecule has 0 aromatic rings. The van der Waals surface area contributed by atoms with Crippen molar-refractivity contribution in [1.82, 2.24) is 5.32 Å². The maximum atomic E-state index is 10.3. The third-order valence-corrected chi connectivity index (χ3v) is 1.04. The zero-order chi connectivity index (χ0) is 8.20. The summed E-state index contributed by atoms with van der Waals surface area (Å²) >= 11 is 0. The Balaban J connectivity index is 3.82. The molecule has 0 aromatic carbocycles. The minimum atomic E-state index is -4.19. The van der Waals surface area contributed by atoms with Crippen LogP contribution >= 0.6 is 10.7 Å². The summed E-state index contributed by atoms with van der Waals surface area (Å²) in [5, 5.41) is 2.08. The molecule has 0 rings (SSSR count). The Kier molecular flexibility index (Phi) is 3.45. The lowest BCUT2D eigenvalue weighted by molar-refractivity contribution is 0.204. The second-order valence-electron chi connectivity index (χ2n) is 1.29. The van der Waals surface area contributed by atoms with Gasteiger partial charge in [0, 0.05) is 6.54 Å². The van der Waals surface area contributed by atoms with E-state index in [2.05, 4.69) is 20.2 Å². The summed E-state index contributed by atoms with van der Waals surface area (Å²) in [4.78, 5) is 10.3. The summed E-state index contributed by atoms with van der Waals surface area (Å²) in [6.45, 7) is 1.90. The minimum Gasteiger partial charge on any atom is -0.321 e. The van der Waals surface area contributed by atoms with Crippen molar-refractivity contribution in [2.45, 2.75) is 6.92 Å². The molecule has 0 bridgehead atoms. The predicted molar refractivity (Wildman–Crippen MR) is 34.9 cm³/mol. The molecule has 0 unspecified atom stereocenters. The van der Waals surface area contributed by atoms with E-state index in [1.807, 2.05) is 0 Å². The third-order valence-electron chi connectivity index (χ3n) is 0.496. The fourth-order valence-electron chi connectivity index (χ4n) is 0.264. The summed E-state index contributed by atoms with van der Waals surface area (Å²) in [7, 11) is 0.368. The van der Waals surface area contributed by atoms with Crippen LogP contribution in [-0.4, -0.2) is 21.1 Å². The maximum absolute atomic E-state index is 10.3. The van der Waals surface area contributed by atoms with Crippen molar-refractivity contribution in [1.29, 1.82) is 0 Å². The van der Waals surface area contributed by atoms with Crippen LogP contribution in [0, 0.1) is 0 Å². The summed E-state index contributed by atoms with van der Waals surface area (Å²) in [5.41, 5.74) is 0. The summed E-state index contributed by atoms with van der Waals surface area (Å²) < 4.78 is 23.7. The van der Waals surface area contributed by atoms with Gasteiger partial charge >= 0.3 is 15.4 Å². The molecule has 0 heterocycles. The van der Waals surface area contributed by atoms with Crippen LogP contribution in [0.2, 0.25) is 0 Å². The van der Waals surface area contributed by atoms with E-state index in [-0.39, 0.29) is 6.54 Å². The molecule has 0 radical (unpaired) electrons. The zero-order valence-corrected chi connectivity index (χ0v) is 6.70. The largest absolute Gasteiger partial charge is 0.423 e. The second-order valence-corrected chi connectivity index (χ2v) is 3.38. The highest BCUT2D eigenvalue weighted by Crippen LogP contribution is 1.97. The lowest BCUT2D eigenvalue weighted by atomic mass is 10.8. The Bertz CT molecular complexity index is 211. The predicted octanol–water partition coefficient (Wildman–Crippen LogP) is 0.216. The van der Waals surface area contributed by atoms with Crippen LogP contribution in [0.15, 0.2) is 0 Å². The number of rotatable bonds is 2. The molecule has 0 spiro atoms. The molecule has 1 N–H and O–H groups in total. The second kappa shape index (κ2) is 3.62. The number of hydrogen-bond acceptors (Lipinski definition) is 4. The first-order chi connectivity index (χ1) is 4.45. The van der Waals surface area contributed by atoms with Crippen molar-refractivity contribution in [3.8, 4) is 0 Å². The van der Waals surface area contributed by atoms with E-state index in [0.717, 1.165) is 0 Å². The summed E-state index contributed by atoms with van der Waals surface area (Å²) in [6, 6.07) is 0. The normalized spacial score (nSPS) is 10.6. The third kappa shape index (κ3) is 5.64. The smallest absolute Gasteiger partial charge is 0.321 e. The van der Waals surface area contributed by atoms with Gasteiger partial charge in [-0.25, -0.2) is 4.79 Å². The molecule has 7 heteroatoms. The van der Waals surface area contributed by atoms with Gasteiger partial charge < -0.3 is 9.50 Å². The van der Waals surface area contributed by atoms with Gasteiger partial charge in [-0.2, -0.15) is 8.42 Å². The Morgan fingerprint density at radius 3 is 2.50 bits per heavy atom. The number of nitrogens with one attached hydrogen (secondary N) is 1. The monoisotopic (exact) mass is 187 g/mol. The van der Waals surface area contributed by atoms with E-state index in [1.165, 1.54) is 0 Å². The Hall–Kier alpha value is -0.490. The van der Waals surface area contributed by atoms with Crippen LogP contribution < -0.4 is 5.32 Å². The van der Waals surface area contributed by atoms with Crippen molar-refractivity contribution in [3.05, 3.63) is 0 Å². The van der Waals surface area contributed by atoms with E-state index in [1.54, 1.807) is 6.92 Å². The fraction of sp³-hybridized carbons (Fsp3) is 0.667. The summed E-state index contributed by atoms with van der Waals surface area (Å²) in [6.07, 6.45) is -1.07. The lowest BCUT2D eigenvalue weighted by Crippen LogP contribution is -2.24. The van der Waals surface area contributed by atoms with Gasteiger partial charge in [0.05, 0.1) is 10.7 Å². The Labute approximate surface area is 62.9 Å². The van der Waals surface area contributed by atoms with Crippen molar-refractivity contribution in [2.75, 3.05) is 6.54 Å². The van der Waals surface area contributed by atoms with Gasteiger partial charge in [0.15, 0.2) is 0 Å². The highest BCUT2D eigenvalue weighted by molar-refractivity contribution is 8.10. The van der Waals surface area contributed by atoms with E-state index in [0.29, 0.717) is 0 Å². The Morgan fingerprint density at radius 2 is 2.20 bits per heavy atom. The van der Waals surface area contributed by atoms with Gasteiger partial charge in [-0.15, -0.1) is 0 Å². The van der Waals surface area contributed by atoms with Crippen LogP contribution in [0.5, 0.6) is 0 Å². The minimum absolute atomic E-state index is 0.283. The average Bonchev–Trinajstić information content (AvgIpc) is 1.59. The molecule has 5 nitrogen and oxygen atoms in total. The van der Waals surface area contributed by atoms with Crippen molar-refractivity contribution in [2.24, 2.45) is 0 Å². The molecule has 1 amide bonds. The number of halogens is 1. The molecule has 0 atom stereocenters. The average molecular weight is 188 g/mol. The maximum Gasteiger partial charge on any atom is 0.423 e. The fourth-order valence-corrected chi connectivity index (χ4v) is 0.676. The first kappa shape index (κ1) is 9.51. The van der Waals surface area contributed by atoms with Gasteiger partial charge in [0.25, 0.3) is 0 Å².